The molecular weight excluding hydrogens is 300 g/mol. The predicted octanol–water partition coefficient (Wildman–Crippen LogP) is 1.84. The topological polar surface area (TPSA) is 84.9 Å². The van der Waals surface area contributed by atoms with Crippen molar-refractivity contribution in [3.05, 3.63) is 0 Å². The lowest BCUT2D eigenvalue weighted by Gasteiger charge is -2.27. The minimum atomic E-state index is -0.654. The largest absolute Gasteiger partial charge is 0.458 e. The molecular formula is C16H28N2O5. The smallest absolute Gasteiger partial charge is 0.408 e. The van der Waals surface area contributed by atoms with Gasteiger partial charge in [-0.2, -0.15) is 0 Å². The summed E-state index contributed by atoms with van der Waals surface area (Å²) >= 11 is 0. The van der Waals surface area contributed by atoms with Gasteiger partial charge in [0, 0.05) is 6.54 Å². The summed E-state index contributed by atoms with van der Waals surface area (Å²) in [5, 5.41) is 2.42. The lowest BCUT2D eigenvalue weighted by Crippen LogP contribution is -2.47. The van der Waals surface area contributed by atoms with Gasteiger partial charge in [0.2, 0.25) is 5.91 Å². The first-order valence-electron chi connectivity index (χ1n) is 7.88. The van der Waals surface area contributed by atoms with Gasteiger partial charge in [-0.3, -0.25) is 4.79 Å². The van der Waals surface area contributed by atoms with Crippen LogP contribution in [-0.2, 0) is 19.1 Å². The zero-order chi connectivity index (χ0) is 17.8. The molecule has 1 N–H and O–H groups in total. The van der Waals surface area contributed by atoms with Crippen LogP contribution in [0.5, 0.6) is 0 Å². The molecule has 0 aliphatic carbocycles. The monoisotopic (exact) mass is 328 g/mol. The first-order valence-corrected chi connectivity index (χ1v) is 7.88. The highest BCUT2D eigenvalue weighted by molar-refractivity contribution is 5.88. The molecule has 1 aliphatic rings. The highest BCUT2D eigenvalue weighted by Gasteiger charge is 2.36. The predicted molar refractivity (Wildman–Crippen MR) is 84.8 cm³/mol. The van der Waals surface area contributed by atoms with Gasteiger partial charge in [0.1, 0.15) is 23.8 Å². The Hall–Kier alpha value is -1.79. The van der Waals surface area contributed by atoms with Crippen molar-refractivity contribution in [1.82, 2.24) is 10.2 Å². The molecule has 2 amide bonds. The molecule has 0 spiro atoms. The summed E-state index contributed by atoms with van der Waals surface area (Å²) in [5.41, 5.74) is -1.22. The van der Waals surface area contributed by atoms with Crippen molar-refractivity contribution in [2.24, 2.45) is 0 Å². The Morgan fingerprint density at radius 2 is 1.61 bits per heavy atom. The number of rotatable bonds is 3. The summed E-state index contributed by atoms with van der Waals surface area (Å²) in [7, 11) is 0. The molecule has 0 aromatic heterocycles. The number of likely N-dealkylation sites (tertiary alicyclic amines) is 1. The van der Waals surface area contributed by atoms with E-state index in [9.17, 15) is 14.4 Å². The molecule has 0 bridgehead atoms. The van der Waals surface area contributed by atoms with Gasteiger partial charge in [0.25, 0.3) is 0 Å². The molecule has 1 heterocycles. The van der Waals surface area contributed by atoms with E-state index in [1.165, 1.54) is 4.90 Å². The average molecular weight is 328 g/mol. The van der Waals surface area contributed by atoms with Gasteiger partial charge in [-0.1, -0.05) is 0 Å². The summed E-state index contributed by atoms with van der Waals surface area (Å²) in [6, 6.07) is -0.581. The molecule has 0 aromatic rings. The van der Waals surface area contributed by atoms with E-state index in [-0.39, 0.29) is 12.5 Å². The number of nitrogens with one attached hydrogen (secondary N) is 1. The van der Waals surface area contributed by atoms with Crippen LogP contribution in [0.15, 0.2) is 0 Å². The van der Waals surface area contributed by atoms with Crippen LogP contribution < -0.4 is 5.32 Å². The maximum Gasteiger partial charge on any atom is 0.408 e. The molecule has 0 aromatic carbocycles. The van der Waals surface area contributed by atoms with E-state index in [1.807, 2.05) is 0 Å². The zero-order valence-electron chi connectivity index (χ0n) is 14.9. The van der Waals surface area contributed by atoms with Gasteiger partial charge in [0.05, 0.1) is 0 Å². The minimum Gasteiger partial charge on any atom is -0.458 e. The van der Waals surface area contributed by atoms with Crippen LogP contribution in [0, 0.1) is 0 Å². The molecule has 0 unspecified atom stereocenters. The van der Waals surface area contributed by atoms with Gasteiger partial charge in [-0.15, -0.1) is 0 Å². The maximum absolute atomic E-state index is 12.2. The average Bonchev–Trinajstić information content (AvgIpc) is 2.80. The molecule has 1 fully saturated rings. The Bertz CT molecular complexity index is 462. The molecule has 7 nitrogen and oxygen atoms in total. The van der Waals surface area contributed by atoms with E-state index in [1.54, 1.807) is 41.5 Å². The Morgan fingerprint density at radius 1 is 1.04 bits per heavy atom. The van der Waals surface area contributed by atoms with E-state index >= 15 is 0 Å². The third-order valence-electron chi connectivity index (χ3n) is 3.03. The van der Waals surface area contributed by atoms with Gasteiger partial charge in [0.15, 0.2) is 0 Å². The second kappa shape index (κ2) is 7.19. The lowest BCUT2D eigenvalue weighted by molar-refractivity contribution is -0.163. The van der Waals surface area contributed by atoms with Crippen LogP contribution >= 0.6 is 0 Å². The Morgan fingerprint density at radius 3 is 2.13 bits per heavy atom. The van der Waals surface area contributed by atoms with Crippen molar-refractivity contribution in [3.8, 4) is 0 Å². The molecule has 1 saturated heterocycles. The number of nitrogens with zero attached hydrogens (tertiary/aromatic N) is 1. The minimum absolute atomic E-state index is 0.200. The van der Waals surface area contributed by atoms with Gasteiger partial charge in [-0.05, 0) is 54.4 Å². The summed E-state index contributed by atoms with van der Waals surface area (Å²) in [6.45, 7) is 10.9. The van der Waals surface area contributed by atoms with Gasteiger partial charge >= 0.3 is 12.1 Å². The molecule has 0 radical (unpaired) electrons. The summed E-state index contributed by atoms with van der Waals surface area (Å²) < 4.78 is 10.4. The fraction of sp³-hybridized carbons (Fsp3) is 0.812. The normalized spacial score (nSPS) is 18.5. The molecule has 7 heteroatoms. The molecule has 0 saturated carbocycles. The number of carbonyl (C=O) groups is 3. The highest BCUT2D eigenvalue weighted by atomic mass is 16.6. The molecule has 1 atom stereocenters. The number of ether oxygens (including phenoxy) is 2. The van der Waals surface area contributed by atoms with Crippen molar-refractivity contribution >= 4 is 18.0 Å². The van der Waals surface area contributed by atoms with E-state index in [2.05, 4.69) is 5.32 Å². The van der Waals surface area contributed by atoms with Crippen molar-refractivity contribution in [1.29, 1.82) is 0 Å². The van der Waals surface area contributed by atoms with Crippen LogP contribution in [-0.4, -0.2) is 53.2 Å². The maximum atomic E-state index is 12.2. The van der Waals surface area contributed by atoms with Crippen molar-refractivity contribution in [3.63, 3.8) is 0 Å². The number of carbonyl (C=O) groups excluding carboxylic acids is 3. The second-order valence-electron chi connectivity index (χ2n) is 7.63. The quantitative estimate of drug-likeness (QED) is 0.799. The first-order chi connectivity index (χ1) is 10.4. The van der Waals surface area contributed by atoms with Gasteiger partial charge < -0.3 is 19.7 Å². The Kier molecular flexibility index (Phi) is 6.02. The second-order valence-corrected chi connectivity index (χ2v) is 7.63. The van der Waals surface area contributed by atoms with Crippen LogP contribution in [0.3, 0.4) is 0 Å². The fourth-order valence-corrected chi connectivity index (χ4v) is 2.24. The first kappa shape index (κ1) is 19.3. The summed E-state index contributed by atoms with van der Waals surface area (Å²) in [6.07, 6.45) is 0.661. The van der Waals surface area contributed by atoms with E-state index in [0.717, 1.165) is 6.42 Å². The van der Waals surface area contributed by atoms with E-state index in [4.69, 9.17) is 9.47 Å². The summed E-state index contributed by atoms with van der Waals surface area (Å²) in [5.74, 6) is -0.718. The molecule has 1 rings (SSSR count). The van der Waals surface area contributed by atoms with E-state index in [0.29, 0.717) is 13.0 Å². The standard InChI is InChI=1S/C16H28N2O5/c1-15(2,3)22-13(20)11-8-7-9-18(11)12(19)10-17-14(21)23-16(4,5)6/h11H,7-10H2,1-6H3,(H,17,21)/t11-/m0/s1. The lowest BCUT2D eigenvalue weighted by atomic mass is 10.1. The number of hydrogen-bond donors (Lipinski definition) is 1. The third kappa shape index (κ3) is 6.88. The van der Waals surface area contributed by atoms with Crippen molar-refractivity contribution in [2.75, 3.05) is 13.1 Å². The zero-order valence-corrected chi connectivity index (χ0v) is 14.9. The van der Waals surface area contributed by atoms with Crippen molar-refractivity contribution in [2.45, 2.75) is 71.6 Å². The van der Waals surface area contributed by atoms with E-state index < -0.39 is 29.3 Å². The van der Waals surface area contributed by atoms with Crippen LogP contribution in [0.2, 0.25) is 0 Å². The van der Waals surface area contributed by atoms with Crippen LogP contribution in [0.1, 0.15) is 54.4 Å². The number of alkyl carbamates (subject to hydrolysis) is 1. The Labute approximate surface area is 137 Å². The Balaban J connectivity index is 2.54. The third-order valence-corrected chi connectivity index (χ3v) is 3.03. The number of hydrogen-bond acceptors (Lipinski definition) is 5. The highest BCUT2D eigenvalue weighted by Crippen LogP contribution is 2.21. The molecule has 132 valence electrons. The number of esters is 1. The van der Waals surface area contributed by atoms with Crippen molar-refractivity contribution < 1.29 is 23.9 Å². The van der Waals surface area contributed by atoms with Crippen LogP contribution in [0.4, 0.5) is 4.79 Å². The molecule has 23 heavy (non-hydrogen) atoms. The van der Waals surface area contributed by atoms with Crippen LogP contribution in [0.25, 0.3) is 0 Å². The molecule has 1 aliphatic heterocycles. The summed E-state index contributed by atoms with van der Waals surface area (Å²) in [4.78, 5) is 37.5. The SMILES string of the molecule is CC(C)(C)OC(=O)NCC(=O)N1CCC[C@H]1C(=O)OC(C)(C)C. The fourth-order valence-electron chi connectivity index (χ4n) is 2.24. The number of amides is 2. The van der Waals surface area contributed by atoms with Gasteiger partial charge in [-0.25, -0.2) is 9.59 Å².